The summed E-state index contributed by atoms with van der Waals surface area (Å²) in [7, 11) is 1.71. The fraction of sp³-hybridized carbons (Fsp3) is 0.412. The fourth-order valence-electron chi connectivity index (χ4n) is 2.72. The third-order valence-electron chi connectivity index (χ3n) is 4.15. The lowest BCUT2D eigenvalue weighted by Gasteiger charge is -2.18. The van der Waals surface area contributed by atoms with E-state index < -0.39 is 0 Å². The molecule has 1 saturated heterocycles. The zero-order valence-electron chi connectivity index (χ0n) is 13.4. The number of hydrogen-bond acceptors (Lipinski definition) is 4. The van der Waals surface area contributed by atoms with E-state index in [-0.39, 0.29) is 12.1 Å². The number of ether oxygens (including phenoxy) is 2. The van der Waals surface area contributed by atoms with Gasteiger partial charge < -0.3 is 14.4 Å². The number of nitrogens with zero attached hydrogens (tertiary/aromatic N) is 2. The molecule has 3 rings (SSSR count). The highest BCUT2D eigenvalue weighted by atomic mass is 35.5. The van der Waals surface area contributed by atoms with Crippen LogP contribution in [-0.2, 0) is 4.74 Å². The molecule has 0 spiro atoms. The Bertz CT molecular complexity index is 748. The van der Waals surface area contributed by atoms with Crippen molar-refractivity contribution in [1.29, 1.82) is 0 Å². The van der Waals surface area contributed by atoms with Crippen molar-refractivity contribution in [2.24, 2.45) is 0 Å². The molecule has 1 aliphatic heterocycles. The molecule has 1 aromatic carbocycles. The molecule has 122 valence electrons. The SMILES string of the molecule is CC(C)c1ccc(OCC2COC(=O)N2C)c2cnc(Cl)cc12. The van der Waals surface area contributed by atoms with Gasteiger partial charge in [0.05, 0.1) is 0 Å². The highest BCUT2D eigenvalue weighted by Gasteiger charge is 2.30. The summed E-state index contributed by atoms with van der Waals surface area (Å²) < 4.78 is 10.9. The van der Waals surface area contributed by atoms with Crippen LogP contribution in [0, 0.1) is 0 Å². The van der Waals surface area contributed by atoms with Gasteiger partial charge in [-0.15, -0.1) is 0 Å². The molecule has 1 atom stereocenters. The van der Waals surface area contributed by atoms with Crippen molar-refractivity contribution < 1.29 is 14.3 Å². The average Bonchev–Trinajstić information content (AvgIpc) is 2.83. The van der Waals surface area contributed by atoms with Crippen LogP contribution in [0.4, 0.5) is 4.79 Å². The predicted octanol–water partition coefficient (Wildman–Crippen LogP) is 3.84. The smallest absolute Gasteiger partial charge is 0.410 e. The van der Waals surface area contributed by atoms with Crippen LogP contribution in [0.2, 0.25) is 5.15 Å². The maximum Gasteiger partial charge on any atom is 0.410 e. The van der Waals surface area contributed by atoms with Gasteiger partial charge in [0.1, 0.15) is 30.2 Å². The van der Waals surface area contributed by atoms with Crippen LogP contribution < -0.4 is 4.74 Å². The van der Waals surface area contributed by atoms with Crippen molar-refractivity contribution in [3.05, 3.63) is 35.1 Å². The molecule has 1 amide bonds. The number of pyridine rings is 1. The summed E-state index contributed by atoms with van der Waals surface area (Å²) in [4.78, 5) is 17.1. The molecular formula is C17H19ClN2O3. The molecule has 0 bridgehead atoms. The maximum absolute atomic E-state index is 11.4. The number of halogens is 1. The summed E-state index contributed by atoms with van der Waals surface area (Å²) >= 11 is 6.05. The van der Waals surface area contributed by atoms with Gasteiger partial charge in [-0.05, 0) is 29.0 Å². The first kappa shape index (κ1) is 15.9. The summed E-state index contributed by atoms with van der Waals surface area (Å²) in [5.41, 5.74) is 1.20. The topological polar surface area (TPSA) is 51.7 Å². The lowest BCUT2D eigenvalue weighted by atomic mass is 9.97. The zero-order chi connectivity index (χ0) is 16.6. The molecule has 6 heteroatoms. The molecule has 0 radical (unpaired) electrons. The van der Waals surface area contributed by atoms with Crippen LogP contribution in [0.3, 0.4) is 0 Å². The number of carbonyl (C=O) groups excluding carboxylic acids is 1. The maximum atomic E-state index is 11.4. The molecule has 2 aromatic rings. The Labute approximate surface area is 140 Å². The van der Waals surface area contributed by atoms with E-state index in [4.69, 9.17) is 21.1 Å². The number of hydrogen-bond donors (Lipinski definition) is 0. The van der Waals surface area contributed by atoms with Crippen molar-refractivity contribution in [2.45, 2.75) is 25.8 Å². The van der Waals surface area contributed by atoms with Gasteiger partial charge in [0.2, 0.25) is 0 Å². The van der Waals surface area contributed by atoms with Crippen molar-refractivity contribution in [3.8, 4) is 5.75 Å². The van der Waals surface area contributed by atoms with E-state index in [0.29, 0.717) is 24.3 Å². The highest BCUT2D eigenvalue weighted by molar-refractivity contribution is 6.30. The van der Waals surface area contributed by atoms with Gasteiger partial charge >= 0.3 is 6.09 Å². The largest absolute Gasteiger partial charge is 0.491 e. The lowest BCUT2D eigenvalue weighted by molar-refractivity contribution is 0.162. The predicted molar refractivity (Wildman–Crippen MR) is 89.2 cm³/mol. The third-order valence-corrected chi connectivity index (χ3v) is 4.36. The molecule has 0 saturated carbocycles. The van der Waals surface area contributed by atoms with Crippen molar-refractivity contribution >= 4 is 28.5 Å². The Morgan fingerprint density at radius 1 is 1.43 bits per heavy atom. The fourth-order valence-corrected chi connectivity index (χ4v) is 2.87. The number of cyclic esters (lactones) is 1. The van der Waals surface area contributed by atoms with E-state index >= 15 is 0 Å². The molecule has 1 fully saturated rings. The second-order valence-corrected chi connectivity index (χ2v) is 6.40. The van der Waals surface area contributed by atoms with Crippen molar-refractivity contribution in [2.75, 3.05) is 20.3 Å². The van der Waals surface area contributed by atoms with Gasteiger partial charge in [-0.2, -0.15) is 0 Å². The molecule has 5 nitrogen and oxygen atoms in total. The van der Waals surface area contributed by atoms with E-state index in [1.807, 2.05) is 12.1 Å². The quantitative estimate of drug-likeness (QED) is 0.797. The summed E-state index contributed by atoms with van der Waals surface area (Å²) in [6.07, 6.45) is 1.42. The van der Waals surface area contributed by atoms with Crippen LogP contribution >= 0.6 is 11.6 Å². The van der Waals surface area contributed by atoms with E-state index in [9.17, 15) is 4.79 Å². The van der Waals surface area contributed by atoms with Gasteiger partial charge in [-0.25, -0.2) is 9.78 Å². The second kappa shape index (κ2) is 6.24. The summed E-state index contributed by atoms with van der Waals surface area (Å²) in [6.45, 7) is 5.00. The van der Waals surface area contributed by atoms with E-state index in [1.54, 1.807) is 18.1 Å². The summed E-state index contributed by atoms with van der Waals surface area (Å²) in [5, 5.41) is 2.43. The van der Waals surface area contributed by atoms with Crippen molar-refractivity contribution in [3.63, 3.8) is 0 Å². The Morgan fingerprint density at radius 3 is 2.87 bits per heavy atom. The van der Waals surface area contributed by atoms with Gasteiger partial charge in [0, 0.05) is 18.6 Å². The normalized spacial score (nSPS) is 17.9. The number of likely N-dealkylation sites (N-methyl/N-ethyl adjacent to an activating group) is 1. The van der Waals surface area contributed by atoms with Crippen LogP contribution in [0.5, 0.6) is 5.75 Å². The number of rotatable bonds is 4. The molecule has 23 heavy (non-hydrogen) atoms. The van der Waals surface area contributed by atoms with Gasteiger partial charge in [-0.3, -0.25) is 0 Å². The number of benzene rings is 1. The van der Waals surface area contributed by atoms with Crippen LogP contribution in [0.25, 0.3) is 10.8 Å². The van der Waals surface area contributed by atoms with E-state index in [0.717, 1.165) is 16.5 Å². The highest BCUT2D eigenvalue weighted by Crippen LogP contribution is 2.33. The molecular weight excluding hydrogens is 316 g/mol. The minimum absolute atomic E-state index is 0.0809. The first-order valence-corrected chi connectivity index (χ1v) is 7.95. The van der Waals surface area contributed by atoms with Crippen LogP contribution in [-0.4, -0.2) is 42.3 Å². The Morgan fingerprint density at radius 2 is 2.22 bits per heavy atom. The molecule has 1 unspecified atom stereocenters. The molecule has 0 aliphatic carbocycles. The molecule has 1 aliphatic rings. The zero-order valence-corrected chi connectivity index (χ0v) is 14.1. The number of amides is 1. The Hall–Kier alpha value is -2.01. The number of aromatic nitrogens is 1. The first-order valence-electron chi connectivity index (χ1n) is 7.58. The van der Waals surface area contributed by atoms with Crippen molar-refractivity contribution in [1.82, 2.24) is 9.88 Å². The second-order valence-electron chi connectivity index (χ2n) is 6.01. The van der Waals surface area contributed by atoms with Gasteiger partial charge in [0.25, 0.3) is 0 Å². The number of carbonyl (C=O) groups is 1. The minimum atomic E-state index is -0.313. The molecule has 1 aromatic heterocycles. The minimum Gasteiger partial charge on any atom is -0.491 e. The van der Waals surface area contributed by atoms with Gasteiger partial charge in [-0.1, -0.05) is 31.5 Å². The monoisotopic (exact) mass is 334 g/mol. The van der Waals surface area contributed by atoms with Crippen LogP contribution in [0.15, 0.2) is 24.4 Å². The van der Waals surface area contributed by atoms with Crippen LogP contribution in [0.1, 0.15) is 25.3 Å². The molecule has 0 N–H and O–H groups in total. The third kappa shape index (κ3) is 3.06. The lowest BCUT2D eigenvalue weighted by Crippen LogP contribution is -2.34. The number of fused-ring (bicyclic) bond motifs is 1. The molecule has 2 heterocycles. The standard InChI is InChI=1S/C17H19ClN2O3/c1-10(2)12-4-5-15(14-7-19-16(18)6-13(12)14)22-8-11-9-23-17(21)20(11)3/h4-7,10-11H,8-9H2,1-3H3. The van der Waals surface area contributed by atoms with E-state index in [2.05, 4.69) is 24.9 Å². The Kier molecular flexibility index (Phi) is 4.31. The summed E-state index contributed by atoms with van der Waals surface area (Å²) in [6, 6.07) is 5.79. The first-order chi connectivity index (χ1) is 11.0. The summed E-state index contributed by atoms with van der Waals surface area (Å²) in [5.74, 6) is 1.11. The van der Waals surface area contributed by atoms with Gasteiger partial charge in [0.15, 0.2) is 0 Å². The Balaban J connectivity index is 1.90. The van der Waals surface area contributed by atoms with E-state index in [1.165, 1.54) is 5.56 Å². The average molecular weight is 335 g/mol.